The lowest BCUT2D eigenvalue weighted by atomic mass is 9.98. The van der Waals surface area contributed by atoms with E-state index in [0.29, 0.717) is 0 Å². The van der Waals surface area contributed by atoms with E-state index in [2.05, 4.69) is 14.6 Å². The van der Waals surface area contributed by atoms with Crippen molar-refractivity contribution in [3.05, 3.63) is 33.1 Å². The van der Waals surface area contributed by atoms with Crippen molar-refractivity contribution in [2.75, 3.05) is 27.4 Å². The van der Waals surface area contributed by atoms with Crippen LogP contribution in [0.3, 0.4) is 0 Å². The molecule has 0 radical (unpaired) electrons. The predicted molar refractivity (Wildman–Crippen MR) is 79.5 cm³/mol. The van der Waals surface area contributed by atoms with Gasteiger partial charge in [-0.15, -0.1) is 0 Å². The van der Waals surface area contributed by atoms with Gasteiger partial charge in [-0.1, -0.05) is 0 Å². The Morgan fingerprint density at radius 1 is 1.54 bits per heavy atom. The number of hydrogen-bond acceptors (Lipinski definition) is 7. The average molecular weight is 363 g/mol. The van der Waals surface area contributed by atoms with Crippen molar-refractivity contribution in [2.24, 2.45) is 0 Å². The molecule has 3 rings (SSSR count). The van der Waals surface area contributed by atoms with Gasteiger partial charge in [-0.05, 0) is 0 Å². The van der Waals surface area contributed by atoms with E-state index in [1.54, 1.807) is 0 Å². The number of fused-ring (bicyclic) bond motifs is 2. The molecule has 3 heterocycles. The summed E-state index contributed by atoms with van der Waals surface area (Å²) in [7, 11) is -1.52. The molecule has 0 amide bonds. The van der Waals surface area contributed by atoms with Gasteiger partial charge in [-0.25, -0.2) is 14.4 Å². The lowest BCUT2D eigenvalue weighted by Crippen LogP contribution is -2.50. The molecule has 2 aliphatic rings. The van der Waals surface area contributed by atoms with Crippen molar-refractivity contribution in [2.45, 2.75) is 24.0 Å². The number of nitrogens with zero attached hydrogens (tertiary/aromatic N) is 1. The van der Waals surface area contributed by atoms with Crippen molar-refractivity contribution in [3.63, 3.8) is 0 Å². The first kappa shape index (κ1) is 17.5. The topological polar surface area (TPSA) is 141 Å². The maximum atomic E-state index is 12.0. The van der Waals surface area contributed by atoms with Crippen LogP contribution in [-0.2, 0) is 23.3 Å². The molecule has 2 saturated heterocycles. The van der Waals surface area contributed by atoms with Gasteiger partial charge < -0.3 is 23.6 Å². The number of ether oxygens (including phenoxy) is 3. The molecule has 11 nitrogen and oxygen atoms in total. The molecule has 0 saturated carbocycles. The molecule has 2 aliphatic heterocycles. The van der Waals surface area contributed by atoms with Gasteiger partial charge in [0.25, 0.3) is 5.56 Å². The van der Waals surface area contributed by atoms with Crippen molar-refractivity contribution >= 4 is 7.75 Å². The lowest BCUT2D eigenvalue weighted by molar-refractivity contribution is -0.188. The molecule has 0 aliphatic carbocycles. The molecule has 1 aromatic heterocycles. The highest BCUT2D eigenvalue weighted by molar-refractivity contribution is 7.50. The monoisotopic (exact) mass is 363 g/mol. The van der Waals surface area contributed by atoms with Crippen LogP contribution < -0.4 is 16.3 Å². The first-order valence-corrected chi connectivity index (χ1v) is 8.66. The van der Waals surface area contributed by atoms with Crippen LogP contribution in [0.25, 0.3) is 0 Å². The average Bonchev–Trinajstić information content (AvgIpc) is 2.98. The molecule has 2 unspecified atom stereocenters. The zero-order chi connectivity index (χ0) is 17.5. The van der Waals surface area contributed by atoms with Crippen molar-refractivity contribution in [1.29, 1.82) is 0 Å². The zero-order valence-electron chi connectivity index (χ0n) is 13.0. The molecule has 134 valence electrons. The third-order valence-corrected chi connectivity index (χ3v) is 5.22. The Morgan fingerprint density at radius 3 is 2.92 bits per heavy atom. The van der Waals surface area contributed by atoms with Gasteiger partial charge in [-0.2, -0.15) is 0 Å². The first-order chi connectivity index (χ1) is 11.3. The smallest absolute Gasteiger partial charge is 0.382 e. The highest BCUT2D eigenvalue weighted by atomic mass is 31.2. The van der Waals surface area contributed by atoms with E-state index >= 15 is 0 Å². The van der Waals surface area contributed by atoms with Gasteiger partial charge in [-0.3, -0.25) is 14.3 Å². The van der Waals surface area contributed by atoms with Gasteiger partial charge in [0.2, 0.25) is 0 Å². The minimum atomic E-state index is -4.07. The van der Waals surface area contributed by atoms with Crippen LogP contribution in [-0.4, -0.2) is 59.6 Å². The summed E-state index contributed by atoms with van der Waals surface area (Å²) in [6.45, 7) is 0.182. The number of hydrogen-bond donors (Lipinski definition) is 3. The number of methoxy groups -OCH3 is 1. The maximum Gasteiger partial charge on any atom is 0.403 e. The van der Waals surface area contributed by atoms with Gasteiger partial charge in [0.15, 0.2) is 6.23 Å². The van der Waals surface area contributed by atoms with E-state index in [-0.39, 0.29) is 13.2 Å². The standard InChI is InChI=1S/C12H18N3O8P/c1-20-5-12-6-22-8(9(12)14-24(18,19)21-2)10(23-12)15-4-3-7(16)13-11(15)17/h3-4,8-10H,5-6H2,1-2H3,(H,13,16,17)(H2,14,18,19)/t8?,9-,10+,12-/m0/s1. The Labute approximate surface area is 136 Å². The van der Waals surface area contributed by atoms with E-state index in [1.807, 2.05) is 0 Å². The van der Waals surface area contributed by atoms with E-state index in [9.17, 15) is 19.0 Å². The summed E-state index contributed by atoms with van der Waals surface area (Å²) in [5.74, 6) is 0. The largest absolute Gasteiger partial charge is 0.403 e. The molecule has 2 fully saturated rings. The third-order valence-electron chi connectivity index (χ3n) is 4.12. The van der Waals surface area contributed by atoms with Crippen LogP contribution in [0.4, 0.5) is 0 Å². The molecule has 24 heavy (non-hydrogen) atoms. The van der Waals surface area contributed by atoms with Crippen LogP contribution in [0.15, 0.2) is 21.9 Å². The van der Waals surface area contributed by atoms with Gasteiger partial charge in [0, 0.05) is 26.5 Å². The fourth-order valence-corrected chi connectivity index (χ4v) is 3.90. The summed E-state index contributed by atoms with van der Waals surface area (Å²) in [4.78, 5) is 35.1. The van der Waals surface area contributed by atoms with Crippen LogP contribution >= 0.6 is 7.75 Å². The summed E-state index contributed by atoms with van der Waals surface area (Å²) in [6, 6.07) is 0.422. The Bertz CT molecular complexity index is 778. The van der Waals surface area contributed by atoms with E-state index in [4.69, 9.17) is 14.2 Å². The fraction of sp³-hybridized carbons (Fsp3) is 0.667. The molecule has 3 N–H and O–H groups in total. The molecule has 5 atom stereocenters. The number of aromatic nitrogens is 2. The van der Waals surface area contributed by atoms with Crippen LogP contribution in [0.1, 0.15) is 6.23 Å². The summed E-state index contributed by atoms with van der Waals surface area (Å²) >= 11 is 0. The molecule has 1 aromatic rings. The molecule has 2 bridgehead atoms. The Kier molecular flexibility index (Phi) is 4.51. The lowest BCUT2D eigenvalue weighted by Gasteiger charge is -2.31. The number of H-pyrrole nitrogens is 1. The van der Waals surface area contributed by atoms with Crippen molar-refractivity contribution in [1.82, 2.24) is 14.6 Å². The second kappa shape index (κ2) is 6.19. The van der Waals surface area contributed by atoms with Crippen LogP contribution in [0.5, 0.6) is 0 Å². The number of aromatic amines is 1. The van der Waals surface area contributed by atoms with E-state index in [1.165, 1.54) is 19.4 Å². The third kappa shape index (κ3) is 2.88. The maximum absolute atomic E-state index is 12.0. The van der Waals surface area contributed by atoms with Crippen molar-refractivity contribution < 1.29 is 28.2 Å². The Hall–Kier alpha value is -1.33. The second-order valence-electron chi connectivity index (χ2n) is 5.61. The summed E-state index contributed by atoms with van der Waals surface area (Å²) < 4.78 is 34.4. The molecular formula is C12H18N3O8P. The van der Waals surface area contributed by atoms with Crippen LogP contribution in [0, 0.1) is 0 Å². The zero-order valence-corrected chi connectivity index (χ0v) is 13.9. The summed E-state index contributed by atoms with van der Waals surface area (Å²) in [6.07, 6.45) is -0.366. The van der Waals surface area contributed by atoms with Crippen LogP contribution in [0.2, 0.25) is 0 Å². The summed E-state index contributed by atoms with van der Waals surface area (Å²) in [5, 5.41) is 2.49. The SMILES string of the molecule is COC[C@@]12COC([C@H](n3ccc(=O)[nH]c3=O)O1)[C@@H]2NP(=O)(O)OC. The number of rotatable bonds is 6. The summed E-state index contributed by atoms with van der Waals surface area (Å²) in [5.41, 5.74) is -2.29. The molecule has 0 aromatic carbocycles. The van der Waals surface area contributed by atoms with Gasteiger partial charge in [0.1, 0.15) is 11.7 Å². The van der Waals surface area contributed by atoms with Gasteiger partial charge >= 0.3 is 13.4 Å². The molecule has 12 heteroatoms. The minimum absolute atomic E-state index is 0.0689. The Morgan fingerprint density at radius 2 is 2.29 bits per heavy atom. The quantitative estimate of drug-likeness (QED) is 0.518. The highest BCUT2D eigenvalue weighted by Crippen LogP contribution is 2.49. The first-order valence-electron chi connectivity index (χ1n) is 7.08. The highest BCUT2D eigenvalue weighted by Gasteiger charge is 2.63. The van der Waals surface area contributed by atoms with Crippen molar-refractivity contribution in [3.8, 4) is 0 Å². The predicted octanol–water partition coefficient (Wildman–Crippen LogP) is -1.45. The fourth-order valence-electron chi connectivity index (χ4n) is 3.06. The number of nitrogens with one attached hydrogen (secondary N) is 2. The minimum Gasteiger partial charge on any atom is -0.382 e. The molecular weight excluding hydrogens is 345 g/mol. The second-order valence-corrected chi connectivity index (χ2v) is 7.27. The van der Waals surface area contributed by atoms with E-state index in [0.717, 1.165) is 11.7 Å². The van der Waals surface area contributed by atoms with Gasteiger partial charge in [0.05, 0.1) is 19.3 Å². The molecule has 0 spiro atoms. The normalized spacial score (nSPS) is 34.4. The van der Waals surface area contributed by atoms with E-state index < -0.39 is 43.0 Å². The Balaban J connectivity index is 1.97.